The lowest BCUT2D eigenvalue weighted by molar-refractivity contribution is 0.862. The van der Waals surface area contributed by atoms with Crippen molar-refractivity contribution in [3.63, 3.8) is 0 Å². The third-order valence-corrected chi connectivity index (χ3v) is 2.60. The molecule has 0 unspecified atom stereocenters. The van der Waals surface area contributed by atoms with Gasteiger partial charge in [0.15, 0.2) is 0 Å². The van der Waals surface area contributed by atoms with Crippen molar-refractivity contribution >= 4 is 11.8 Å². The van der Waals surface area contributed by atoms with Crippen LogP contribution < -0.4 is 0 Å². The van der Waals surface area contributed by atoms with Crippen LogP contribution in [-0.2, 0) is 0 Å². The standard InChI is InChI=1S/C11H15S/c1-4-12-11-7-5-6-10(8-11)9(2)3/h5-6,8-9H,4H2,1-3H3. The second-order valence-electron chi connectivity index (χ2n) is 3.07. The van der Waals surface area contributed by atoms with E-state index in [1.165, 1.54) is 10.5 Å². The molecule has 0 saturated carbocycles. The van der Waals surface area contributed by atoms with E-state index >= 15 is 0 Å². The molecule has 1 radical (unpaired) electrons. The first-order chi connectivity index (χ1) is 5.74. The van der Waals surface area contributed by atoms with Gasteiger partial charge in [-0.25, -0.2) is 0 Å². The Morgan fingerprint density at radius 2 is 2.25 bits per heavy atom. The van der Waals surface area contributed by atoms with Gasteiger partial charge in [0, 0.05) is 4.90 Å². The summed E-state index contributed by atoms with van der Waals surface area (Å²) in [5, 5.41) is 0. The summed E-state index contributed by atoms with van der Waals surface area (Å²) >= 11 is 1.85. The maximum absolute atomic E-state index is 3.23. The summed E-state index contributed by atoms with van der Waals surface area (Å²) in [6, 6.07) is 9.63. The summed E-state index contributed by atoms with van der Waals surface area (Å²) in [7, 11) is 0. The first-order valence-electron chi connectivity index (χ1n) is 4.38. The summed E-state index contributed by atoms with van der Waals surface area (Å²) in [5.74, 6) is 1.74. The van der Waals surface area contributed by atoms with Crippen LogP contribution >= 0.6 is 11.8 Å². The van der Waals surface area contributed by atoms with Crippen molar-refractivity contribution in [2.45, 2.75) is 31.6 Å². The number of rotatable bonds is 3. The molecule has 0 amide bonds. The van der Waals surface area contributed by atoms with E-state index in [1.54, 1.807) is 0 Å². The monoisotopic (exact) mass is 179 g/mol. The number of hydrogen-bond acceptors (Lipinski definition) is 1. The van der Waals surface area contributed by atoms with Gasteiger partial charge in [0.1, 0.15) is 0 Å². The fourth-order valence-corrected chi connectivity index (χ4v) is 1.74. The van der Waals surface area contributed by atoms with Gasteiger partial charge in [0.25, 0.3) is 0 Å². The summed E-state index contributed by atoms with van der Waals surface area (Å²) in [6.07, 6.45) is 0. The second kappa shape index (κ2) is 4.56. The molecular formula is C11H15S. The lowest BCUT2D eigenvalue weighted by atomic mass is 10.0. The average molecular weight is 179 g/mol. The Labute approximate surface area is 79.4 Å². The molecule has 1 heteroatoms. The van der Waals surface area contributed by atoms with Gasteiger partial charge in [-0.3, -0.25) is 0 Å². The van der Waals surface area contributed by atoms with Crippen LogP contribution in [0.1, 0.15) is 32.3 Å². The number of hydrogen-bond donors (Lipinski definition) is 0. The van der Waals surface area contributed by atoms with Crippen molar-refractivity contribution in [3.05, 3.63) is 29.8 Å². The molecule has 65 valence electrons. The maximum Gasteiger partial charge on any atom is 0.0154 e. The molecule has 1 aromatic rings. The van der Waals surface area contributed by atoms with Crippen LogP contribution in [0, 0.1) is 6.07 Å². The Morgan fingerprint density at radius 1 is 1.50 bits per heavy atom. The van der Waals surface area contributed by atoms with E-state index in [0.29, 0.717) is 5.92 Å². The van der Waals surface area contributed by atoms with Crippen molar-refractivity contribution < 1.29 is 0 Å². The van der Waals surface area contributed by atoms with Gasteiger partial charge in [0.2, 0.25) is 0 Å². The summed E-state index contributed by atoms with van der Waals surface area (Å²) in [4.78, 5) is 1.27. The smallest absolute Gasteiger partial charge is 0.0154 e. The van der Waals surface area contributed by atoms with Gasteiger partial charge in [-0.05, 0) is 29.4 Å². The van der Waals surface area contributed by atoms with Gasteiger partial charge >= 0.3 is 0 Å². The van der Waals surface area contributed by atoms with Crippen LogP contribution in [0.25, 0.3) is 0 Å². The first-order valence-corrected chi connectivity index (χ1v) is 5.37. The first kappa shape index (κ1) is 9.66. The van der Waals surface area contributed by atoms with E-state index in [0.717, 1.165) is 5.75 Å². The molecule has 0 bridgehead atoms. The Hall–Kier alpha value is -0.430. The van der Waals surface area contributed by atoms with Crippen molar-refractivity contribution in [3.8, 4) is 0 Å². The summed E-state index contributed by atoms with van der Waals surface area (Å²) in [5.41, 5.74) is 1.41. The van der Waals surface area contributed by atoms with E-state index < -0.39 is 0 Å². The van der Waals surface area contributed by atoms with Crippen LogP contribution in [0.5, 0.6) is 0 Å². The third kappa shape index (κ3) is 2.56. The largest absolute Gasteiger partial charge is 0.126 e. The van der Waals surface area contributed by atoms with Crippen molar-refractivity contribution in [1.29, 1.82) is 0 Å². The molecule has 0 aliphatic heterocycles. The van der Waals surface area contributed by atoms with Crippen molar-refractivity contribution in [1.82, 2.24) is 0 Å². The SMILES string of the molecule is CCSc1[c]ccc(C(C)C)c1. The molecule has 0 aromatic heterocycles. The lowest BCUT2D eigenvalue weighted by Gasteiger charge is -2.06. The Morgan fingerprint density at radius 3 is 2.83 bits per heavy atom. The van der Waals surface area contributed by atoms with E-state index in [2.05, 4.69) is 39.0 Å². The molecule has 0 nitrogen and oxygen atoms in total. The molecule has 0 atom stereocenters. The predicted octanol–water partition coefficient (Wildman–Crippen LogP) is 3.72. The highest BCUT2D eigenvalue weighted by Gasteiger charge is 1.99. The molecule has 1 aromatic carbocycles. The summed E-state index contributed by atoms with van der Waals surface area (Å²) in [6.45, 7) is 6.60. The van der Waals surface area contributed by atoms with Crippen molar-refractivity contribution in [2.24, 2.45) is 0 Å². The fourth-order valence-electron chi connectivity index (χ4n) is 1.06. The van der Waals surface area contributed by atoms with Crippen LogP contribution in [0.4, 0.5) is 0 Å². The maximum atomic E-state index is 3.23. The Kier molecular flexibility index (Phi) is 3.67. The average Bonchev–Trinajstić information content (AvgIpc) is 2.05. The molecule has 12 heavy (non-hydrogen) atoms. The van der Waals surface area contributed by atoms with Crippen LogP contribution in [0.15, 0.2) is 23.1 Å². The van der Waals surface area contributed by atoms with E-state index in [-0.39, 0.29) is 0 Å². The zero-order valence-electron chi connectivity index (χ0n) is 7.92. The van der Waals surface area contributed by atoms with E-state index in [1.807, 2.05) is 17.8 Å². The lowest BCUT2D eigenvalue weighted by Crippen LogP contribution is -1.86. The number of benzene rings is 1. The normalized spacial score (nSPS) is 10.7. The Bertz CT molecular complexity index is 241. The minimum absolute atomic E-state index is 0.621. The van der Waals surface area contributed by atoms with Gasteiger partial charge in [0.05, 0.1) is 0 Å². The molecular weight excluding hydrogens is 164 g/mol. The van der Waals surface area contributed by atoms with Crippen LogP contribution in [0.2, 0.25) is 0 Å². The highest BCUT2D eigenvalue weighted by Crippen LogP contribution is 2.21. The molecule has 0 spiro atoms. The van der Waals surface area contributed by atoms with Gasteiger partial charge in [-0.2, -0.15) is 0 Å². The molecule has 0 heterocycles. The third-order valence-electron chi connectivity index (χ3n) is 1.77. The van der Waals surface area contributed by atoms with Crippen LogP contribution in [0.3, 0.4) is 0 Å². The highest BCUT2D eigenvalue weighted by atomic mass is 32.2. The molecule has 0 saturated heterocycles. The van der Waals surface area contributed by atoms with Gasteiger partial charge in [-0.15, -0.1) is 11.8 Å². The molecule has 0 fully saturated rings. The Balaban J connectivity index is 2.81. The van der Waals surface area contributed by atoms with E-state index in [4.69, 9.17) is 0 Å². The predicted molar refractivity (Wildman–Crippen MR) is 55.8 cm³/mol. The molecule has 0 aliphatic rings. The van der Waals surface area contributed by atoms with Crippen LogP contribution in [-0.4, -0.2) is 5.75 Å². The zero-order chi connectivity index (χ0) is 8.97. The van der Waals surface area contributed by atoms with Crippen molar-refractivity contribution in [2.75, 3.05) is 5.75 Å². The van der Waals surface area contributed by atoms with Gasteiger partial charge in [-0.1, -0.05) is 32.9 Å². The molecule has 0 aliphatic carbocycles. The highest BCUT2D eigenvalue weighted by molar-refractivity contribution is 7.99. The minimum Gasteiger partial charge on any atom is -0.126 e. The van der Waals surface area contributed by atoms with Gasteiger partial charge < -0.3 is 0 Å². The zero-order valence-corrected chi connectivity index (χ0v) is 8.74. The fraction of sp³-hybridized carbons (Fsp3) is 0.455. The molecule has 0 N–H and O–H groups in total. The summed E-state index contributed by atoms with van der Waals surface area (Å²) < 4.78 is 0. The van der Waals surface area contributed by atoms with E-state index in [9.17, 15) is 0 Å². The second-order valence-corrected chi connectivity index (χ2v) is 4.38. The minimum atomic E-state index is 0.621. The quantitative estimate of drug-likeness (QED) is 0.637. The number of thioether (sulfide) groups is 1. The molecule has 1 rings (SSSR count). The topological polar surface area (TPSA) is 0 Å².